The fraction of sp³-hybridized carbons (Fsp3) is 0.600. The highest BCUT2D eigenvalue weighted by Crippen LogP contribution is 2.43. The van der Waals surface area contributed by atoms with E-state index in [1.54, 1.807) is 12.1 Å². The summed E-state index contributed by atoms with van der Waals surface area (Å²) in [7, 11) is 0. The van der Waals surface area contributed by atoms with Crippen molar-refractivity contribution in [2.45, 2.75) is 77.0 Å². The van der Waals surface area contributed by atoms with Gasteiger partial charge in [-0.1, -0.05) is 44.0 Å². The number of benzene rings is 1. The van der Waals surface area contributed by atoms with Crippen molar-refractivity contribution in [3.8, 4) is 0 Å². The maximum Gasteiger partial charge on any atom is 0.270 e. The van der Waals surface area contributed by atoms with Crippen molar-refractivity contribution in [2.24, 2.45) is 17.8 Å². The van der Waals surface area contributed by atoms with Gasteiger partial charge in [-0.2, -0.15) is 8.78 Å². The number of halogens is 4. The molecule has 2 fully saturated rings. The van der Waals surface area contributed by atoms with Crippen LogP contribution in [0.3, 0.4) is 0 Å². The molecule has 0 unspecified atom stereocenters. The van der Waals surface area contributed by atoms with E-state index in [0.717, 1.165) is 56.6 Å². The summed E-state index contributed by atoms with van der Waals surface area (Å²) in [5.74, 6) is -0.528. The Balaban J connectivity index is 1.54. The molecule has 0 bridgehead atoms. The van der Waals surface area contributed by atoms with E-state index < -0.39 is 17.7 Å². The Morgan fingerprint density at radius 1 is 0.793 bits per heavy atom. The van der Waals surface area contributed by atoms with Crippen molar-refractivity contribution in [2.75, 3.05) is 0 Å². The van der Waals surface area contributed by atoms with Crippen LogP contribution in [-0.2, 0) is 0 Å². The summed E-state index contributed by atoms with van der Waals surface area (Å²) in [6, 6.07) is 7.13. The Labute approximate surface area is 172 Å². The van der Waals surface area contributed by atoms with E-state index >= 15 is 0 Å². The smallest absolute Gasteiger partial charge is 0.209 e. The minimum Gasteiger partial charge on any atom is -0.209 e. The maximum absolute atomic E-state index is 14.8. The first-order valence-electron chi connectivity index (χ1n) is 11.2. The molecule has 0 saturated heterocycles. The van der Waals surface area contributed by atoms with Crippen molar-refractivity contribution >= 4 is 6.08 Å². The quantitative estimate of drug-likeness (QED) is 0.412. The van der Waals surface area contributed by atoms with Crippen LogP contribution in [-0.4, -0.2) is 0 Å². The van der Waals surface area contributed by atoms with Crippen LogP contribution in [0.25, 0.3) is 6.08 Å². The average molecular weight is 409 g/mol. The van der Waals surface area contributed by atoms with Crippen LogP contribution in [0.2, 0.25) is 0 Å². The molecule has 2 aliphatic carbocycles. The molecule has 1 aromatic carbocycles. The minimum atomic E-state index is -1.71. The first-order chi connectivity index (χ1) is 14.0. The zero-order chi connectivity index (χ0) is 20.8. The van der Waals surface area contributed by atoms with Crippen molar-refractivity contribution in [3.05, 3.63) is 53.1 Å². The molecule has 2 aliphatic rings. The Bertz CT molecular complexity index is 699. The van der Waals surface area contributed by atoms with Crippen LogP contribution in [0.5, 0.6) is 0 Å². The number of hydrogen-bond donors (Lipinski definition) is 0. The third-order valence-corrected chi connectivity index (χ3v) is 6.90. The first kappa shape index (κ1) is 22.1. The van der Waals surface area contributed by atoms with Gasteiger partial charge in [0.2, 0.25) is 0 Å². The molecular weight excluding hydrogens is 376 g/mol. The summed E-state index contributed by atoms with van der Waals surface area (Å²) in [4.78, 5) is 0. The topological polar surface area (TPSA) is 0 Å². The van der Waals surface area contributed by atoms with Crippen molar-refractivity contribution in [1.29, 1.82) is 0 Å². The van der Waals surface area contributed by atoms with Gasteiger partial charge in [-0.25, -0.2) is 8.78 Å². The second-order valence-corrected chi connectivity index (χ2v) is 8.85. The van der Waals surface area contributed by atoms with Crippen molar-refractivity contribution in [3.63, 3.8) is 0 Å². The standard InChI is InChI=1S/C25H32F4/c1-2-3-17-4-10-21(11-5-17)24(28)25(29)22-14-12-20(13-15-22)19-8-6-18(7-9-19)16-23(26)27/h6-9,16-17,20-22H,2-5,10-15H2,1H3/b25-24+. The molecule has 0 spiro atoms. The first-order valence-corrected chi connectivity index (χ1v) is 11.2. The average Bonchev–Trinajstić information content (AvgIpc) is 2.74. The molecule has 1 aromatic rings. The number of allylic oxidation sites excluding steroid dienone is 2. The van der Waals surface area contributed by atoms with Gasteiger partial charge in [0.05, 0.1) is 0 Å². The van der Waals surface area contributed by atoms with Gasteiger partial charge in [-0.05, 0) is 74.3 Å². The van der Waals surface area contributed by atoms with Gasteiger partial charge in [-0.3, -0.25) is 0 Å². The third kappa shape index (κ3) is 5.96. The highest BCUT2D eigenvalue weighted by molar-refractivity contribution is 5.50. The molecule has 3 rings (SSSR count). The van der Waals surface area contributed by atoms with Gasteiger partial charge < -0.3 is 0 Å². The summed E-state index contributed by atoms with van der Waals surface area (Å²) >= 11 is 0. The van der Waals surface area contributed by atoms with Gasteiger partial charge in [0.15, 0.2) is 0 Å². The summed E-state index contributed by atoms with van der Waals surface area (Å²) < 4.78 is 54.3. The highest BCUT2D eigenvalue weighted by atomic mass is 19.3. The molecule has 0 heterocycles. The Hall–Kier alpha value is -1.58. The van der Waals surface area contributed by atoms with E-state index in [-0.39, 0.29) is 11.8 Å². The van der Waals surface area contributed by atoms with Gasteiger partial charge in [0.25, 0.3) is 6.08 Å². The second kappa shape index (κ2) is 10.4. The number of rotatable bonds is 6. The van der Waals surface area contributed by atoms with Crippen LogP contribution in [0.1, 0.15) is 88.2 Å². The predicted octanol–water partition coefficient (Wildman–Crippen LogP) is 8.95. The monoisotopic (exact) mass is 408 g/mol. The van der Waals surface area contributed by atoms with E-state index in [0.29, 0.717) is 30.2 Å². The van der Waals surface area contributed by atoms with Crippen molar-refractivity contribution in [1.82, 2.24) is 0 Å². The summed E-state index contributed by atoms with van der Waals surface area (Å²) in [5.41, 5.74) is 1.58. The van der Waals surface area contributed by atoms with Crippen LogP contribution >= 0.6 is 0 Å². The fourth-order valence-electron chi connectivity index (χ4n) is 5.17. The molecule has 0 amide bonds. The van der Waals surface area contributed by atoms with E-state index in [1.807, 2.05) is 12.1 Å². The van der Waals surface area contributed by atoms with Crippen LogP contribution < -0.4 is 0 Å². The lowest BCUT2D eigenvalue weighted by molar-refractivity contribution is 0.241. The van der Waals surface area contributed by atoms with Crippen LogP contribution in [0.4, 0.5) is 17.6 Å². The van der Waals surface area contributed by atoms with Gasteiger partial charge >= 0.3 is 0 Å². The summed E-state index contributed by atoms with van der Waals surface area (Å²) in [5, 5.41) is 0. The fourth-order valence-corrected chi connectivity index (χ4v) is 5.17. The number of hydrogen-bond acceptors (Lipinski definition) is 0. The molecule has 0 atom stereocenters. The predicted molar refractivity (Wildman–Crippen MR) is 111 cm³/mol. The van der Waals surface area contributed by atoms with Crippen LogP contribution in [0, 0.1) is 17.8 Å². The molecule has 0 aromatic heterocycles. The molecule has 0 aliphatic heterocycles. The third-order valence-electron chi connectivity index (χ3n) is 6.90. The maximum atomic E-state index is 14.8. The molecule has 0 radical (unpaired) electrons. The van der Waals surface area contributed by atoms with Crippen molar-refractivity contribution < 1.29 is 17.6 Å². The van der Waals surface area contributed by atoms with E-state index in [1.165, 1.54) is 6.42 Å². The molecule has 0 nitrogen and oxygen atoms in total. The molecular formula is C25H32F4. The Morgan fingerprint density at radius 2 is 1.31 bits per heavy atom. The lowest BCUT2D eigenvalue weighted by Gasteiger charge is -2.31. The van der Waals surface area contributed by atoms with Gasteiger partial charge in [0, 0.05) is 17.9 Å². The minimum absolute atomic E-state index is 0.225. The summed E-state index contributed by atoms with van der Waals surface area (Å²) in [6.45, 7) is 2.18. The van der Waals surface area contributed by atoms with Crippen LogP contribution in [0.15, 0.2) is 42.0 Å². The van der Waals surface area contributed by atoms with Gasteiger partial charge in [0.1, 0.15) is 11.7 Å². The lowest BCUT2D eigenvalue weighted by atomic mass is 9.76. The highest BCUT2D eigenvalue weighted by Gasteiger charge is 2.31. The lowest BCUT2D eigenvalue weighted by Crippen LogP contribution is -2.19. The second-order valence-electron chi connectivity index (χ2n) is 8.85. The molecule has 0 N–H and O–H groups in total. The zero-order valence-corrected chi connectivity index (χ0v) is 17.3. The van der Waals surface area contributed by atoms with E-state index in [2.05, 4.69) is 6.92 Å². The van der Waals surface area contributed by atoms with E-state index in [4.69, 9.17) is 0 Å². The normalized spacial score (nSPS) is 28.6. The SMILES string of the molecule is CCCC1CCC(/C(F)=C(\F)C2CCC(c3ccc(C=C(F)F)cc3)CC2)CC1. The van der Waals surface area contributed by atoms with E-state index in [9.17, 15) is 17.6 Å². The Morgan fingerprint density at radius 3 is 1.79 bits per heavy atom. The molecule has 29 heavy (non-hydrogen) atoms. The van der Waals surface area contributed by atoms with Gasteiger partial charge in [-0.15, -0.1) is 0 Å². The molecule has 4 heteroatoms. The Kier molecular flexibility index (Phi) is 7.97. The molecule has 2 saturated carbocycles. The summed E-state index contributed by atoms with van der Waals surface area (Å²) in [6.07, 6.45) is 8.00. The largest absolute Gasteiger partial charge is 0.270 e. The molecule has 160 valence electrons. The zero-order valence-electron chi connectivity index (χ0n) is 17.3.